The molecule has 2 aliphatic heterocycles. The van der Waals surface area contributed by atoms with Gasteiger partial charge in [-0.1, -0.05) is 17.8 Å². The molecule has 3 N–H and O–H groups in total. The fourth-order valence-electron chi connectivity index (χ4n) is 3.13. The third-order valence-corrected chi connectivity index (χ3v) is 7.08. The lowest BCUT2D eigenvalue weighted by Gasteiger charge is -2.42. The standard InChI is InChI=1S/C22H20N6O5S3/c1-2-7-32-27-19(15-12-35-22(23)26-15)20(30)25-14-3-6-24-11-13(14)4-9-36-33-21(31)16-5-8-34-18-10-17(29)28(16)18/h2-6,9,11-12,18H,1,7-8,10H2,(H2,23,26)(H,24,25,30)/b9-4-,27-19+. The molecule has 186 valence electrons. The van der Waals surface area contributed by atoms with Crippen molar-refractivity contribution in [1.82, 2.24) is 14.9 Å². The predicted octanol–water partition coefficient (Wildman–Crippen LogP) is 3.02. The van der Waals surface area contributed by atoms with Crippen LogP contribution < -0.4 is 11.1 Å². The number of aromatic nitrogens is 2. The number of hydrogen-bond acceptors (Lipinski definition) is 12. The summed E-state index contributed by atoms with van der Waals surface area (Å²) in [7, 11) is 0. The second-order valence-electron chi connectivity index (χ2n) is 7.13. The molecular formula is C22H20N6O5S3. The highest BCUT2D eigenvalue weighted by Crippen LogP contribution is 2.37. The van der Waals surface area contributed by atoms with Gasteiger partial charge in [0.25, 0.3) is 5.91 Å². The lowest BCUT2D eigenvalue weighted by molar-refractivity contribution is -0.144. The quantitative estimate of drug-likeness (QED) is 0.114. The maximum absolute atomic E-state index is 13.0. The topological polar surface area (TPSA) is 149 Å². The Morgan fingerprint density at radius 3 is 3.06 bits per heavy atom. The average Bonchev–Trinajstić information content (AvgIpc) is 3.29. The van der Waals surface area contributed by atoms with Crippen molar-refractivity contribution in [1.29, 1.82) is 0 Å². The molecule has 2 aromatic heterocycles. The number of carbonyl (C=O) groups excluding carboxylic acids is 3. The summed E-state index contributed by atoms with van der Waals surface area (Å²) in [6, 6.07) is 1.60. The number of thiazole rings is 1. The first-order chi connectivity index (χ1) is 17.5. The van der Waals surface area contributed by atoms with Crippen LogP contribution in [-0.2, 0) is 23.4 Å². The molecule has 2 aliphatic rings. The van der Waals surface area contributed by atoms with Gasteiger partial charge in [-0.15, -0.1) is 23.1 Å². The molecule has 1 fully saturated rings. The van der Waals surface area contributed by atoms with Crippen LogP contribution in [0.5, 0.6) is 0 Å². The summed E-state index contributed by atoms with van der Waals surface area (Å²) in [6.07, 6.45) is 8.28. The van der Waals surface area contributed by atoms with Crippen LogP contribution in [0.4, 0.5) is 10.8 Å². The summed E-state index contributed by atoms with van der Waals surface area (Å²) in [6.45, 7) is 3.66. The molecule has 0 spiro atoms. The molecule has 36 heavy (non-hydrogen) atoms. The number of rotatable bonds is 10. The monoisotopic (exact) mass is 544 g/mol. The zero-order valence-electron chi connectivity index (χ0n) is 18.7. The van der Waals surface area contributed by atoms with E-state index in [1.165, 1.54) is 40.1 Å². The van der Waals surface area contributed by atoms with Gasteiger partial charge in [0.05, 0.1) is 29.5 Å². The Hall–Kier alpha value is -3.62. The van der Waals surface area contributed by atoms with Gasteiger partial charge in [0, 0.05) is 34.5 Å². The second kappa shape index (κ2) is 11.9. The minimum Gasteiger partial charge on any atom is -0.391 e. The number of hydrogen-bond donors (Lipinski definition) is 2. The Balaban J connectivity index is 1.40. The Morgan fingerprint density at radius 2 is 2.31 bits per heavy atom. The number of fused-ring (bicyclic) bond motifs is 1. The van der Waals surface area contributed by atoms with Crippen LogP contribution in [-0.4, -0.2) is 56.1 Å². The fraction of sp³-hybridized carbons (Fsp3) is 0.182. The van der Waals surface area contributed by atoms with E-state index in [0.717, 1.165) is 12.0 Å². The Labute approximate surface area is 218 Å². The summed E-state index contributed by atoms with van der Waals surface area (Å²) in [5.74, 6) is -0.606. The predicted molar refractivity (Wildman–Crippen MR) is 141 cm³/mol. The number of β-lactam (4-membered cyclic amide) rings is 1. The van der Waals surface area contributed by atoms with Gasteiger partial charge < -0.3 is 20.1 Å². The first-order valence-electron chi connectivity index (χ1n) is 10.4. The Morgan fingerprint density at radius 1 is 1.44 bits per heavy atom. The average molecular weight is 545 g/mol. The SMILES string of the molecule is C=CCO/N=C(/C(=O)Nc1ccncc1/C=C\SOC(=O)C1=CCSC2CC(=O)N12)c1csc(N)n1. The summed E-state index contributed by atoms with van der Waals surface area (Å²) < 4.78 is 5.23. The molecule has 4 heterocycles. The molecule has 1 unspecified atom stereocenters. The molecule has 11 nitrogen and oxygen atoms in total. The molecule has 0 bridgehead atoms. The number of anilines is 2. The number of nitrogens with zero attached hydrogens (tertiary/aromatic N) is 4. The highest BCUT2D eigenvalue weighted by molar-refractivity contribution is 8.00. The van der Waals surface area contributed by atoms with Crippen LogP contribution in [0, 0.1) is 0 Å². The molecule has 2 amide bonds. The highest BCUT2D eigenvalue weighted by Gasteiger charge is 2.43. The maximum Gasteiger partial charge on any atom is 0.367 e. The number of thioether (sulfide) groups is 1. The van der Waals surface area contributed by atoms with E-state index in [1.807, 2.05) is 0 Å². The molecule has 1 atom stereocenters. The van der Waals surface area contributed by atoms with E-state index in [9.17, 15) is 14.4 Å². The smallest absolute Gasteiger partial charge is 0.367 e. The zero-order valence-corrected chi connectivity index (χ0v) is 21.1. The van der Waals surface area contributed by atoms with Crippen LogP contribution in [0.2, 0.25) is 0 Å². The van der Waals surface area contributed by atoms with Crippen molar-refractivity contribution in [2.24, 2.45) is 5.16 Å². The molecule has 1 saturated heterocycles. The Bertz CT molecular complexity index is 1270. The largest absolute Gasteiger partial charge is 0.391 e. The summed E-state index contributed by atoms with van der Waals surface area (Å²) in [5, 5.41) is 10.0. The number of pyridine rings is 1. The van der Waals surface area contributed by atoms with E-state index in [-0.39, 0.29) is 40.1 Å². The molecule has 0 aromatic carbocycles. The van der Waals surface area contributed by atoms with E-state index in [0.29, 0.717) is 23.4 Å². The van der Waals surface area contributed by atoms with Gasteiger partial charge in [0.15, 0.2) is 10.8 Å². The van der Waals surface area contributed by atoms with Crippen molar-refractivity contribution in [3.8, 4) is 0 Å². The van der Waals surface area contributed by atoms with Crippen LogP contribution in [0.3, 0.4) is 0 Å². The molecule has 4 rings (SSSR count). The summed E-state index contributed by atoms with van der Waals surface area (Å²) in [4.78, 5) is 51.9. The summed E-state index contributed by atoms with van der Waals surface area (Å²) in [5.41, 5.74) is 7.14. The van der Waals surface area contributed by atoms with Crippen molar-refractivity contribution >= 4 is 75.5 Å². The van der Waals surface area contributed by atoms with Gasteiger partial charge in [-0.2, -0.15) is 0 Å². The minimum atomic E-state index is -0.592. The lowest BCUT2D eigenvalue weighted by Crippen LogP contribution is -2.53. The first-order valence-corrected chi connectivity index (χ1v) is 13.2. The molecular weight excluding hydrogens is 524 g/mol. The van der Waals surface area contributed by atoms with E-state index in [1.54, 1.807) is 35.4 Å². The number of amides is 2. The van der Waals surface area contributed by atoms with Gasteiger partial charge in [-0.25, -0.2) is 9.78 Å². The van der Waals surface area contributed by atoms with Crippen LogP contribution in [0.25, 0.3) is 6.08 Å². The molecule has 0 saturated carbocycles. The van der Waals surface area contributed by atoms with E-state index in [2.05, 4.69) is 27.0 Å². The number of oxime groups is 1. The van der Waals surface area contributed by atoms with Gasteiger partial charge in [-0.05, 0) is 18.2 Å². The molecule has 14 heteroatoms. The number of nitrogens with one attached hydrogen (secondary N) is 1. The van der Waals surface area contributed by atoms with Gasteiger partial charge >= 0.3 is 5.97 Å². The van der Waals surface area contributed by atoms with Crippen molar-refractivity contribution in [3.05, 3.63) is 64.9 Å². The Kier molecular flexibility index (Phi) is 8.40. The summed E-state index contributed by atoms with van der Waals surface area (Å²) >= 11 is 3.57. The first kappa shape index (κ1) is 25.5. The number of nitrogens with two attached hydrogens (primary N) is 1. The second-order valence-corrected chi connectivity index (χ2v) is 9.86. The fourth-order valence-corrected chi connectivity index (χ4v) is 5.23. The molecule has 0 aliphatic carbocycles. The number of carbonyl (C=O) groups is 3. The van der Waals surface area contributed by atoms with Gasteiger partial charge in [0.1, 0.15) is 18.0 Å². The lowest BCUT2D eigenvalue weighted by atomic mass is 10.1. The molecule has 2 aromatic rings. The minimum absolute atomic E-state index is 0.00322. The highest BCUT2D eigenvalue weighted by atomic mass is 32.2. The maximum atomic E-state index is 13.0. The van der Waals surface area contributed by atoms with Crippen LogP contribution in [0.1, 0.15) is 17.7 Å². The van der Waals surface area contributed by atoms with E-state index < -0.39 is 11.9 Å². The third-order valence-electron chi connectivity index (χ3n) is 4.79. The van der Waals surface area contributed by atoms with Crippen molar-refractivity contribution < 1.29 is 23.4 Å². The van der Waals surface area contributed by atoms with Crippen molar-refractivity contribution in [2.75, 3.05) is 23.4 Å². The van der Waals surface area contributed by atoms with Gasteiger partial charge in [0.2, 0.25) is 5.91 Å². The van der Waals surface area contributed by atoms with Crippen LogP contribution >= 0.6 is 35.1 Å². The van der Waals surface area contributed by atoms with E-state index >= 15 is 0 Å². The van der Waals surface area contributed by atoms with Crippen molar-refractivity contribution in [3.63, 3.8) is 0 Å². The van der Waals surface area contributed by atoms with Crippen LogP contribution in [0.15, 0.2) is 58.8 Å². The van der Waals surface area contributed by atoms with Gasteiger partial charge in [-0.3, -0.25) is 19.5 Å². The normalized spacial score (nSPS) is 17.2. The zero-order chi connectivity index (χ0) is 25.5. The van der Waals surface area contributed by atoms with Crippen molar-refractivity contribution in [2.45, 2.75) is 11.8 Å². The third kappa shape index (κ3) is 5.95. The molecule has 0 radical (unpaired) electrons. The number of nitrogen functional groups attached to an aromatic ring is 1. The van der Waals surface area contributed by atoms with E-state index in [4.69, 9.17) is 14.8 Å².